The van der Waals surface area contributed by atoms with E-state index in [9.17, 15) is 4.79 Å². The molecule has 2 saturated heterocycles. The standard InChI is InChI=1S/C10H14N4O/c1-13-6-7(5-12-13)14-9-2-3-11-8(9)4-10(14)15/h5-6,8-9,11H,2-4H2,1H3/t8-,9-/m1/s1. The van der Waals surface area contributed by atoms with Crippen LogP contribution in [0, 0.1) is 0 Å². The van der Waals surface area contributed by atoms with Gasteiger partial charge in [-0.3, -0.25) is 9.48 Å². The maximum Gasteiger partial charge on any atom is 0.229 e. The van der Waals surface area contributed by atoms with Crippen molar-refractivity contribution in [3.8, 4) is 0 Å². The molecular weight excluding hydrogens is 192 g/mol. The van der Waals surface area contributed by atoms with Crippen LogP contribution in [-0.2, 0) is 11.8 Å². The Labute approximate surface area is 88.1 Å². The van der Waals surface area contributed by atoms with Gasteiger partial charge in [0.15, 0.2) is 0 Å². The van der Waals surface area contributed by atoms with Gasteiger partial charge >= 0.3 is 0 Å². The first-order chi connectivity index (χ1) is 7.25. The monoisotopic (exact) mass is 206 g/mol. The predicted molar refractivity (Wildman–Crippen MR) is 55.5 cm³/mol. The first-order valence-electron chi connectivity index (χ1n) is 5.30. The van der Waals surface area contributed by atoms with E-state index in [1.54, 1.807) is 10.9 Å². The number of anilines is 1. The van der Waals surface area contributed by atoms with Gasteiger partial charge in [0.1, 0.15) is 0 Å². The predicted octanol–water partition coefficient (Wildman–Crippen LogP) is -0.113. The highest BCUT2D eigenvalue weighted by Gasteiger charge is 2.43. The molecule has 1 aromatic heterocycles. The van der Waals surface area contributed by atoms with Crippen molar-refractivity contribution in [2.45, 2.75) is 24.9 Å². The molecule has 1 amide bonds. The Kier molecular flexibility index (Phi) is 1.82. The van der Waals surface area contributed by atoms with Gasteiger partial charge in [-0.1, -0.05) is 0 Å². The van der Waals surface area contributed by atoms with Crippen LogP contribution in [0.5, 0.6) is 0 Å². The number of carbonyl (C=O) groups excluding carboxylic acids is 1. The maximum absolute atomic E-state index is 11.8. The van der Waals surface area contributed by atoms with Crippen LogP contribution in [0.15, 0.2) is 12.4 Å². The second-order valence-electron chi connectivity index (χ2n) is 4.26. The zero-order valence-corrected chi connectivity index (χ0v) is 8.68. The molecule has 0 saturated carbocycles. The van der Waals surface area contributed by atoms with Crippen molar-refractivity contribution in [1.29, 1.82) is 0 Å². The molecule has 2 aliphatic rings. The van der Waals surface area contributed by atoms with Crippen LogP contribution in [0.1, 0.15) is 12.8 Å². The van der Waals surface area contributed by atoms with Crippen LogP contribution >= 0.6 is 0 Å². The summed E-state index contributed by atoms with van der Waals surface area (Å²) in [6.45, 7) is 1.01. The molecule has 2 atom stereocenters. The van der Waals surface area contributed by atoms with E-state index in [-0.39, 0.29) is 5.91 Å². The normalized spacial score (nSPS) is 29.9. The van der Waals surface area contributed by atoms with Gasteiger partial charge in [-0.15, -0.1) is 0 Å². The Morgan fingerprint density at radius 2 is 2.47 bits per heavy atom. The van der Waals surface area contributed by atoms with E-state index in [1.165, 1.54) is 0 Å². The Hall–Kier alpha value is -1.36. The molecule has 0 bridgehead atoms. The molecule has 0 radical (unpaired) electrons. The number of aromatic nitrogens is 2. The number of rotatable bonds is 1. The van der Waals surface area contributed by atoms with Crippen molar-refractivity contribution in [1.82, 2.24) is 15.1 Å². The number of nitrogens with zero attached hydrogens (tertiary/aromatic N) is 3. The maximum atomic E-state index is 11.8. The van der Waals surface area contributed by atoms with E-state index in [0.29, 0.717) is 18.5 Å². The molecular formula is C10H14N4O. The fourth-order valence-electron chi connectivity index (χ4n) is 2.61. The largest absolute Gasteiger partial charge is 0.311 e. The minimum atomic E-state index is 0.213. The fourth-order valence-corrected chi connectivity index (χ4v) is 2.61. The summed E-state index contributed by atoms with van der Waals surface area (Å²) in [7, 11) is 1.87. The molecule has 80 valence electrons. The number of aryl methyl sites for hydroxylation is 1. The molecule has 0 spiro atoms. The molecule has 5 nitrogen and oxygen atoms in total. The zero-order valence-electron chi connectivity index (χ0n) is 8.68. The number of nitrogens with one attached hydrogen (secondary N) is 1. The van der Waals surface area contributed by atoms with Gasteiger partial charge in [-0.05, 0) is 13.0 Å². The summed E-state index contributed by atoms with van der Waals surface area (Å²) in [6.07, 6.45) is 5.34. The third-order valence-corrected chi connectivity index (χ3v) is 3.28. The highest BCUT2D eigenvalue weighted by Crippen LogP contribution is 2.30. The molecule has 0 aliphatic carbocycles. The summed E-state index contributed by atoms with van der Waals surface area (Å²) in [5.74, 6) is 0.213. The van der Waals surface area contributed by atoms with Crippen molar-refractivity contribution in [2.75, 3.05) is 11.4 Å². The lowest BCUT2D eigenvalue weighted by atomic mass is 10.1. The van der Waals surface area contributed by atoms with E-state index >= 15 is 0 Å². The van der Waals surface area contributed by atoms with Crippen LogP contribution in [-0.4, -0.2) is 34.3 Å². The SMILES string of the molecule is Cn1cc(N2C(=O)C[C@H]3NCC[C@H]32)cn1. The highest BCUT2D eigenvalue weighted by molar-refractivity contribution is 5.97. The minimum absolute atomic E-state index is 0.213. The molecule has 3 heterocycles. The van der Waals surface area contributed by atoms with Crippen molar-refractivity contribution in [3.63, 3.8) is 0 Å². The Bertz CT molecular complexity index is 400. The van der Waals surface area contributed by atoms with Gasteiger partial charge in [0.2, 0.25) is 5.91 Å². The molecule has 2 fully saturated rings. The summed E-state index contributed by atoms with van der Waals surface area (Å²) >= 11 is 0. The van der Waals surface area contributed by atoms with E-state index in [2.05, 4.69) is 10.4 Å². The first kappa shape index (κ1) is 8.91. The number of hydrogen-bond acceptors (Lipinski definition) is 3. The fraction of sp³-hybridized carbons (Fsp3) is 0.600. The van der Waals surface area contributed by atoms with E-state index in [1.807, 2.05) is 18.1 Å². The van der Waals surface area contributed by atoms with Crippen molar-refractivity contribution in [3.05, 3.63) is 12.4 Å². The average Bonchev–Trinajstić information content (AvgIpc) is 2.81. The smallest absolute Gasteiger partial charge is 0.229 e. The van der Waals surface area contributed by atoms with Crippen molar-refractivity contribution in [2.24, 2.45) is 7.05 Å². The lowest BCUT2D eigenvalue weighted by Gasteiger charge is -2.21. The van der Waals surface area contributed by atoms with Gasteiger partial charge in [0, 0.05) is 25.7 Å². The third kappa shape index (κ3) is 1.26. The summed E-state index contributed by atoms with van der Waals surface area (Å²) in [4.78, 5) is 13.7. The molecule has 3 rings (SSSR count). The quantitative estimate of drug-likeness (QED) is 0.697. The Morgan fingerprint density at radius 3 is 3.20 bits per heavy atom. The highest BCUT2D eigenvalue weighted by atomic mass is 16.2. The summed E-state index contributed by atoms with van der Waals surface area (Å²) < 4.78 is 1.73. The summed E-state index contributed by atoms with van der Waals surface area (Å²) in [5.41, 5.74) is 0.929. The van der Waals surface area contributed by atoms with Crippen LogP contribution in [0.4, 0.5) is 5.69 Å². The number of hydrogen-bond donors (Lipinski definition) is 1. The molecule has 5 heteroatoms. The van der Waals surface area contributed by atoms with Crippen molar-refractivity contribution >= 4 is 11.6 Å². The second-order valence-corrected chi connectivity index (χ2v) is 4.26. The van der Waals surface area contributed by atoms with Crippen LogP contribution in [0.25, 0.3) is 0 Å². The summed E-state index contributed by atoms with van der Waals surface area (Å²) in [6, 6.07) is 0.680. The number of carbonyl (C=O) groups is 1. The molecule has 1 N–H and O–H groups in total. The van der Waals surface area contributed by atoms with E-state index in [4.69, 9.17) is 0 Å². The molecule has 1 aromatic rings. The van der Waals surface area contributed by atoms with Crippen molar-refractivity contribution < 1.29 is 4.79 Å². The van der Waals surface area contributed by atoms with Crippen LogP contribution in [0.2, 0.25) is 0 Å². The van der Waals surface area contributed by atoms with Gasteiger partial charge in [-0.25, -0.2) is 0 Å². The average molecular weight is 206 g/mol. The molecule has 2 aliphatic heterocycles. The topological polar surface area (TPSA) is 50.2 Å². The lowest BCUT2D eigenvalue weighted by molar-refractivity contribution is -0.117. The molecule has 15 heavy (non-hydrogen) atoms. The second kappa shape index (κ2) is 3.06. The van der Waals surface area contributed by atoms with Gasteiger partial charge in [0.05, 0.1) is 17.9 Å². The third-order valence-electron chi connectivity index (χ3n) is 3.28. The lowest BCUT2D eigenvalue weighted by Crippen LogP contribution is -2.35. The molecule has 0 aromatic carbocycles. The van der Waals surface area contributed by atoms with Crippen LogP contribution < -0.4 is 10.2 Å². The van der Waals surface area contributed by atoms with Crippen LogP contribution in [0.3, 0.4) is 0 Å². The summed E-state index contributed by atoms with van der Waals surface area (Å²) in [5, 5.41) is 7.48. The minimum Gasteiger partial charge on any atom is -0.311 e. The number of fused-ring (bicyclic) bond motifs is 1. The van der Waals surface area contributed by atoms with E-state index in [0.717, 1.165) is 18.7 Å². The Morgan fingerprint density at radius 1 is 1.60 bits per heavy atom. The van der Waals surface area contributed by atoms with Gasteiger partial charge < -0.3 is 10.2 Å². The van der Waals surface area contributed by atoms with E-state index < -0.39 is 0 Å². The van der Waals surface area contributed by atoms with Gasteiger partial charge in [0.25, 0.3) is 0 Å². The first-order valence-corrected chi connectivity index (χ1v) is 5.30. The Balaban J connectivity index is 1.94. The molecule has 0 unspecified atom stereocenters. The van der Waals surface area contributed by atoms with Gasteiger partial charge in [-0.2, -0.15) is 5.10 Å². The zero-order chi connectivity index (χ0) is 10.4. The number of amides is 1.